The average molecular weight is 368 g/mol. The molecule has 3 rings (SSSR count). The zero-order valence-electron chi connectivity index (χ0n) is 15.4. The van der Waals surface area contributed by atoms with Crippen LogP contribution in [0.15, 0.2) is 60.7 Å². The van der Waals surface area contributed by atoms with Gasteiger partial charge in [0, 0.05) is 0 Å². The minimum atomic E-state index is -2.23. The van der Waals surface area contributed by atoms with Crippen LogP contribution >= 0.6 is 0 Å². The number of hydrogen-bond donors (Lipinski definition) is 4. The molecule has 6 heteroatoms. The summed E-state index contributed by atoms with van der Waals surface area (Å²) in [4.78, 5) is 24.9. The zero-order chi connectivity index (χ0) is 19.7. The van der Waals surface area contributed by atoms with E-state index in [0.717, 1.165) is 5.56 Å². The molecule has 0 aromatic heterocycles. The second-order valence-corrected chi connectivity index (χ2v) is 6.86. The van der Waals surface area contributed by atoms with Gasteiger partial charge in [0.1, 0.15) is 0 Å². The largest absolute Gasteiger partial charge is 0.479 e. The predicted molar refractivity (Wildman–Crippen MR) is 101 cm³/mol. The summed E-state index contributed by atoms with van der Waals surface area (Å²) in [5.74, 6) is -2.83. The standard InChI is InChI=1S/C21H24N2O4/c1-3-19(15-11-7-5-8-12-15)21(17(24)25,18(26)27)23-20(4-2,22-19)16-13-9-6-10-14-16/h5-14,22-23H,3-4H2,1-2H3,(H,24,25)(H,26,27). The maximum absolute atomic E-state index is 12.5. The van der Waals surface area contributed by atoms with Gasteiger partial charge in [-0.25, -0.2) is 9.59 Å². The van der Waals surface area contributed by atoms with Crippen molar-refractivity contribution in [2.24, 2.45) is 0 Å². The topological polar surface area (TPSA) is 98.7 Å². The Morgan fingerprint density at radius 1 is 0.778 bits per heavy atom. The number of rotatable bonds is 6. The van der Waals surface area contributed by atoms with Gasteiger partial charge in [-0.15, -0.1) is 0 Å². The molecule has 2 atom stereocenters. The molecular formula is C21H24N2O4. The monoisotopic (exact) mass is 368 g/mol. The van der Waals surface area contributed by atoms with E-state index in [1.807, 2.05) is 43.3 Å². The van der Waals surface area contributed by atoms with Gasteiger partial charge in [0.25, 0.3) is 0 Å². The lowest BCUT2D eigenvalue weighted by molar-refractivity contribution is -0.162. The van der Waals surface area contributed by atoms with Gasteiger partial charge >= 0.3 is 11.9 Å². The highest BCUT2D eigenvalue weighted by atomic mass is 16.4. The summed E-state index contributed by atoms with van der Waals surface area (Å²) < 4.78 is 0. The molecule has 2 aromatic carbocycles. The number of hydrogen-bond acceptors (Lipinski definition) is 4. The molecule has 0 saturated carbocycles. The third kappa shape index (κ3) is 2.56. The van der Waals surface area contributed by atoms with E-state index in [0.29, 0.717) is 12.0 Å². The summed E-state index contributed by atoms with van der Waals surface area (Å²) in [6, 6.07) is 18.3. The molecule has 1 fully saturated rings. The molecule has 0 amide bonds. The first-order chi connectivity index (χ1) is 12.9. The van der Waals surface area contributed by atoms with Gasteiger partial charge in [-0.2, -0.15) is 0 Å². The van der Waals surface area contributed by atoms with Crippen molar-refractivity contribution in [2.75, 3.05) is 0 Å². The summed E-state index contributed by atoms with van der Waals surface area (Å²) in [6.45, 7) is 3.71. The van der Waals surface area contributed by atoms with Gasteiger partial charge in [-0.1, -0.05) is 74.5 Å². The zero-order valence-corrected chi connectivity index (χ0v) is 15.4. The number of nitrogens with one attached hydrogen (secondary N) is 2. The Labute approximate surface area is 158 Å². The molecule has 27 heavy (non-hydrogen) atoms. The molecule has 1 aliphatic heterocycles. The summed E-state index contributed by atoms with van der Waals surface area (Å²) in [7, 11) is 0. The van der Waals surface area contributed by atoms with Crippen LogP contribution in [-0.4, -0.2) is 27.7 Å². The maximum Gasteiger partial charge on any atom is 0.338 e. The van der Waals surface area contributed by atoms with E-state index in [2.05, 4.69) is 10.6 Å². The van der Waals surface area contributed by atoms with E-state index >= 15 is 0 Å². The lowest BCUT2D eigenvalue weighted by Crippen LogP contribution is -2.67. The first-order valence-electron chi connectivity index (χ1n) is 9.05. The van der Waals surface area contributed by atoms with Crippen molar-refractivity contribution in [3.05, 3.63) is 71.8 Å². The molecule has 2 aromatic rings. The van der Waals surface area contributed by atoms with E-state index in [1.54, 1.807) is 31.2 Å². The van der Waals surface area contributed by atoms with E-state index < -0.39 is 28.7 Å². The molecule has 6 nitrogen and oxygen atoms in total. The molecule has 0 aliphatic carbocycles. The van der Waals surface area contributed by atoms with E-state index in [4.69, 9.17) is 0 Å². The predicted octanol–water partition coefficient (Wildman–Crippen LogP) is 2.66. The highest BCUT2D eigenvalue weighted by Crippen LogP contribution is 2.47. The molecule has 2 unspecified atom stereocenters. The molecule has 142 valence electrons. The van der Waals surface area contributed by atoms with Crippen LogP contribution in [0.25, 0.3) is 0 Å². The number of benzene rings is 2. The van der Waals surface area contributed by atoms with Crippen molar-refractivity contribution in [2.45, 2.75) is 43.4 Å². The summed E-state index contributed by atoms with van der Waals surface area (Å²) >= 11 is 0. The molecule has 1 saturated heterocycles. The van der Waals surface area contributed by atoms with Gasteiger partial charge in [0.05, 0.1) is 11.2 Å². The van der Waals surface area contributed by atoms with E-state index in [-0.39, 0.29) is 6.42 Å². The van der Waals surface area contributed by atoms with Crippen molar-refractivity contribution in [3.63, 3.8) is 0 Å². The third-order valence-electron chi connectivity index (χ3n) is 5.70. The van der Waals surface area contributed by atoms with Crippen LogP contribution in [0.5, 0.6) is 0 Å². The first kappa shape index (κ1) is 19.1. The summed E-state index contributed by atoms with van der Waals surface area (Å²) in [5, 5.41) is 26.8. The highest BCUT2D eigenvalue weighted by molar-refractivity contribution is 6.06. The van der Waals surface area contributed by atoms with Crippen LogP contribution in [0.2, 0.25) is 0 Å². The SMILES string of the molecule is CCC1(c2ccccc2)NC(C(=O)O)(C(=O)O)C(CC)(c2ccccc2)N1. The fourth-order valence-electron chi connectivity index (χ4n) is 4.30. The van der Waals surface area contributed by atoms with Crippen molar-refractivity contribution in [1.29, 1.82) is 0 Å². The Morgan fingerprint density at radius 2 is 1.26 bits per heavy atom. The second kappa shape index (κ2) is 6.79. The number of carboxylic acid groups (broad SMARTS) is 2. The highest BCUT2D eigenvalue weighted by Gasteiger charge is 2.71. The van der Waals surface area contributed by atoms with Crippen molar-refractivity contribution in [1.82, 2.24) is 10.6 Å². The number of carbonyl (C=O) groups is 2. The van der Waals surface area contributed by atoms with E-state index in [9.17, 15) is 19.8 Å². The minimum Gasteiger partial charge on any atom is -0.479 e. The number of carboxylic acids is 2. The van der Waals surface area contributed by atoms with Gasteiger partial charge in [-0.3, -0.25) is 10.6 Å². The fraction of sp³-hybridized carbons (Fsp3) is 0.333. The van der Waals surface area contributed by atoms with Crippen LogP contribution in [0, 0.1) is 0 Å². The van der Waals surface area contributed by atoms with Gasteiger partial charge in [0.15, 0.2) is 0 Å². The lowest BCUT2D eigenvalue weighted by atomic mass is 9.71. The summed E-state index contributed by atoms with van der Waals surface area (Å²) in [6.07, 6.45) is 0.741. The minimum absolute atomic E-state index is 0.275. The average Bonchev–Trinajstić information content (AvgIpc) is 3.04. The fourth-order valence-corrected chi connectivity index (χ4v) is 4.30. The molecule has 1 aliphatic rings. The van der Waals surface area contributed by atoms with Crippen LogP contribution in [-0.2, 0) is 20.8 Å². The molecule has 1 heterocycles. The molecule has 4 N–H and O–H groups in total. The quantitative estimate of drug-likeness (QED) is 0.585. The van der Waals surface area contributed by atoms with Crippen molar-refractivity contribution < 1.29 is 19.8 Å². The lowest BCUT2D eigenvalue weighted by Gasteiger charge is -2.39. The van der Waals surface area contributed by atoms with Crippen LogP contribution in [0.1, 0.15) is 37.8 Å². The van der Waals surface area contributed by atoms with E-state index in [1.165, 1.54) is 0 Å². The smallest absolute Gasteiger partial charge is 0.338 e. The Hall–Kier alpha value is -2.70. The summed E-state index contributed by atoms with van der Waals surface area (Å²) in [5.41, 5.74) is -3.14. The molecule has 0 spiro atoms. The first-order valence-corrected chi connectivity index (χ1v) is 9.05. The molecule has 0 radical (unpaired) electrons. The molecular weight excluding hydrogens is 344 g/mol. The second-order valence-electron chi connectivity index (χ2n) is 6.86. The van der Waals surface area contributed by atoms with Crippen molar-refractivity contribution in [3.8, 4) is 0 Å². The van der Waals surface area contributed by atoms with Gasteiger partial charge in [-0.05, 0) is 24.0 Å². The Bertz CT molecular complexity index is 826. The maximum atomic E-state index is 12.5. The van der Waals surface area contributed by atoms with Gasteiger partial charge < -0.3 is 10.2 Å². The Kier molecular flexibility index (Phi) is 4.80. The third-order valence-corrected chi connectivity index (χ3v) is 5.70. The van der Waals surface area contributed by atoms with Crippen LogP contribution in [0.3, 0.4) is 0 Å². The Balaban J connectivity index is 2.33. The van der Waals surface area contributed by atoms with Crippen LogP contribution in [0.4, 0.5) is 0 Å². The van der Waals surface area contributed by atoms with Crippen molar-refractivity contribution >= 4 is 11.9 Å². The van der Waals surface area contributed by atoms with Crippen LogP contribution < -0.4 is 10.6 Å². The number of aliphatic carboxylic acids is 2. The molecule has 0 bridgehead atoms. The Morgan fingerprint density at radius 3 is 1.67 bits per heavy atom. The normalized spacial score (nSPS) is 26.6. The van der Waals surface area contributed by atoms with Gasteiger partial charge in [0.2, 0.25) is 5.54 Å².